The third-order valence-electron chi connectivity index (χ3n) is 1.45. The average molecular weight is 258 g/mol. The maximum atomic E-state index is 10.0. The summed E-state index contributed by atoms with van der Waals surface area (Å²) in [5.41, 5.74) is 0. The van der Waals surface area contributed by atoms with Gasteiger partial charge in [-0.15, -0.1) is 0 Å². The second kappa shape index (κ2) is 12.8. The zero-order valence-electron chi connectivity index (χ0n) is 10.1. The van der Waals surface area contributed by atoms with E-state index < -0.39 is 12.0 Å². The summed E-state index contributed by atoms with van der Waals surface area (Å²) in [6.45, 7) is 3.29. The van der Waals surface area contributed by atoms with Gasteiger partial charge in [-0.05, 0) is 6.42 Å². The number of carbonyl (C=O) groups is 2. The van der Waals surface area contributed by atoms with E-state index in [0.717, 1.165) is 0 Å². The first-order chi connectivity index (χ1) is 8.49. The number of aliphatic carboxylic acids is 1. The predicted molar refractivity (Wildman–Crippen MR) is 59.5 cm³/mol. The Bertz CT molecular complexity index is 351. The number of hydrogen-bond acceptors (Lipinski definition) is 7. The highest BCUT2D eigenvalue weighted by Gasteiger charge is 2.11. The zero-order chi connectivity index (χ0) is 14.4. The number of ether oxygens (including phenoxy) is 1. The first-order valence-electron chi connectivity index (χ1n) is 4.96. The quantitative estimate of drug-likeness (QED) is 0.311. The molecule has 0 heterocycles. The first-order valence-corrected chi connectivity index (χ1v) is 4.96. The van der Waals surface area contributed by atoms with Crippen molar-refractivity contribution >= 4 is 24.1 Å². The molecule has 0 amide bonds. The van der Waals surface area contributed by atoms with Crippen molar-refractivity contribution in [1.82, 2.24) is 0 Å². The molecule has 100 valence electrons. The van der Waals surface area contributed by atoms with E-state index in [1.165, 1.54) is 19.1 Å². The van der Waals surface area contributed by atoms with Crippen LogP contribution in [0.1, 0.15) is 20.3 Å². The van der Waals surface area contributed by atoms with Gasteiger partial charge in [0.25, 0.3) is 0 Å². The molecule has 18 heavy (non-hydrogen) atoms. The minimum atomic E-state index is -1.08. The lowest BCUT2D eigenvalue weighted by Crippen LogP contribution is -2.15. The van der Waals surface area contributed by atoms with E-state index in [1.54, 1.807) is 6.92 Å². The molecular weight excluding hydrogens is 244 g/mol. The van der Waals surface area contributed by atoms with Gasteiger partial charge >= 0.3 is 11.9 Å². The third-order valence-corrected chi connectivity index (χ3v) is 1.45. The fourth-order valence-corrected chi connectivity index (χ4v) is 0.665. The number of isocyanates is 2. The number of rotatable bonds is 6. The number of carbonyl (C=O) groups excluding carboxylic acids is 3. The van der Waals surface area contributed by atoms with Gasteiger partial charge in [0.15, 0.2) is 6.04 Å². The Balaban J connectivity index is 0. The van der Waals surface area contributed by atoms with Gasteiger partial charge in [-0.3, -0.25) is 4.79 Å². The third kappa shape index (κ3) is 13.7. The molecule has 0 aromatic heterocycles. The van der Waals surface area contributed by atoms with E-state index in [1.807, 2.05) is 0 Å². The van der Waals surface area contributed by atoms with E-state index in [0.29, 0.717) is 6.42 Å². The molecule has 1 unspecified atom stereocenters. The Morgan fingerprint density at radius 1 is 1.33 bits per heavy atom. The molecule has 0 aliphatic heterocycles. The summed E-state index contributed by atoms with van der Waals surface area (Å²) >= 11 is 0. The Hall–Kier alpha value is -2.30. The normalized spacial score (nSPS) is 9.67. The molecule has 0 saturated heterocycles. The standard InChI is InChI=1S/2C5H7NO3/c1-5(8)9-3-2-6-4-7;1-2-4(5(8)9)6-3-7/h2-3H2,1H3;4H,2H2,1H3,(H,8,9). The molecule has 0 aliphatic carbocycles. The number of aliphatic imine (C=N–C) groups is 2. The summed E-state index contributed by atoms with van der Waals surface area (Å²) in [4.78, 5) is 45.2. The van der Waals surface area contributed by atoms with Crippen LogP contribution in [0.5, 0.6) is 0 Å². The molecule has 0 aromatic carbocycles. The van der Waals surface area contributed by atoms with Crippen LogP contribution >= 0.6 is 0 Å². The van der Waals surface area contributed by atoms with Crippen LogP contribution in [0.25, 0.3) is 0 Å². The monoisotopic (exact) mass is 258 g/mol. The highest BCUT2D eigenvalue weighted by molar-refractivity contribution is 5.74. The molecule has 0 radical (unpaired) electrons. The Kier molecular flexibility index (Phi) is 12.8. The summed E-state index contributed by atoms with van der Waals surface area (Å²) in [6.07, 6.45) is 2.84. The molecule has 0 aliphatic rings. The van der Waals surface area contributed by atoms with E-state index in [4.69, 9.17) is 5.11 Å². The molecule has 0 saturated carbocycles. The van der Waals surface area contributed by atoms with Gasteiger partial charge in [-0.2, -0.15) is 4.99 Å². The lowest BCUT2D eigenvalue weighted by Gasteiger charge is -1.96. The van der Waals surface area contributed by atoms with Gasteiger partial charge in [0.2, 0.25) is 12.2 Å². The van der Waals surface area contributed by atoms with Crippen molar-refractivity contribution in [2.75, 3.05) is 13.2 Å². The summed E-state index contributed by atoms with van der Waals surface area (Å²) in [7, 11) is 0. The van der Waals surface area contributed by atoms with Crippen LogP contribution in [0.4, 0.5) is 0 Å². The van der Waals surface area contributed by atoms with E-state index in [2.05, 4.69) is 14.7 Å². The SMILES string of the molecule is CC(=O)OCCN=C=O.CCC(N=C=O)C(=O)O. The fraction of sp³-hybridized carbons (Fsp3) is 0.600. The maximum Gasteiger partial charge on any atom is 0.329 e. The fourth-order valence-electron chi connectivity index (χ4n) is 0.665. The van der Waals surface area contributed by atoms with Crippen molar-refractivity contribution < 1.29 is 29.0 Å². The maximum absolute atomic E-state index is 10.0. The van der Waals surface area contributed by atoms with Crippen LogP contribution in [0, 0.1) is 0 Å². The highest BCUT2D eigenvalue weighted by Crippen LogP contribution is 1.94. The van der Waals surface area contributed by atoms with Gasteiger partial charge in [-0.1, -0.05) is 6.92 Å². The number of carboxylic acid groups (broad SMARTS) is 1. The van der Waals surface area contributed by atoms with Gasteiger partial charge in [0.05, 0.1) is 6.54 Å². The number of esters is 1. The van der Waals surface area contributed by atoms with Crippen LogP contribution < -0.4 is 0 Å². The van der Waals surface area contributed by atoms with Crippen LogP contribution in [-0.4, -0.2) is 48.4 Å². The van der Waals surface area contributed by atoms with Crippen LogP contribution in [0.15, 0.2) is 9.98 Å². The minimum absolute atomic E-state index is 0.157. The molecule has 1 atom stereocenters. The van der Waals surface area contributed by atoms with Crippen molar-refractivity contribution in [2.45, 2.75) is 26.3 Å². The van der Waals surface area contributed by atoms with Crippen molar-refractivity contribution in [3.63, 3.8) is 0 Å². The Labute approximate surface area is 103 Å². The number of hydrogen-bond donors (Lipinski definition) is 1. The lowest BCUT2D eigenvalue weighted by molar-refractivity contribution is -0.140. The Morgan fingerprint density at radius 3 is 2.22 bits per heavy atom. The van der Waals surface area contributed by atoms with Crippen LogP contribution in [0.3, 0.4) is 0 Å². The summed E-state index contributed by atoms with van der Waals surface area (Å²) < 4.78 is 4.43. The van der Waals surface area contributed by atoms with Gasteiger partial charge in [0, 0.05) is 6.92 Å². The van der Waals surface area contributed by atoms with Gasteiger partial charge in [-0.25, -0.2) is 19.4 Å². The van der Waals surface area contributed by atoms with E-state index in [-0.39, 0.29) is 19.1 Å². The summed E-state index contributed by atoms with van der Waals surface area (Å²) in [6, 6.07) is -0.914. The second-order valence-corrected chi connectivity index (χ2v) is 2.80. The molecule has 8 heteroatoms. The lowest BCUT2D eigenvalue weighted by atomic mass is 10.2. The van der Waals surface area contributed by atoms with Crippen molar-refractivity contribution in [3.05, 3.63) is 0 Å². The largest absolute Gasteiger partial charge is 0.480 e. The molecule has 1 N–H and O–H groups in total. The molecule has 0 rings (SSSR count). The first kappa shape index (κ1) is 18.1. The predicted octanol–water partition coefficient (Wildman–Crippen LogP) is 0.0707. The van der Waals surface area contributed by atoms with Crippen molar-refractivity contribution in [2.24, 2.45) is 9.98 Å². The Morgan fingerprint density at radius 2 is 1.94 bits per heavy atom. The van der Waals surface area contributed by atoms with Gasteiger partial charge in [0.1, 0.15) is 6.61 Å². The highest BCUT2D eigenvalue weighted by atomic mass is 16.5. The molecule has 0 bridgehead atoms. The summed E-state index contributed by atoms with van der Waals surface area (Å²) in [5.74, 6) is -1.45. The number of carboxylic acids is 1. The summed E-state index contributed by atoms with van der Waals surface area (Å²) in [5, 5.41) is 8.23. The van der Waals surface area contributed by atoms with Gasteiger partial charge < -0.3 is 9.84 Å². The molecule has 0 aromatic rings. The molecule has 0 spiro atoms. The van der Waals surface area contributed by atoms with E-state index in [9.17, 15) is 19.2 Å². The number of nitrogens with zero attached hydrogens (tertiary/aromatic N) is 2. The van der Waals surface area contributed by atoms with Crippen LogP contribution in [0.2, 0.25) is 0 Å². The molecule has 8 nitrogen and oxygen atoms in total. The van der Waals surface area contributed by atoms with Crippen molar-refractivity contribution in [1.29, 1.82) is 0 Å². The zero-order valence-corrected chi connectivity index (χ0v) is 10.1. The second-order valence-electron chi connectivity index (χ2n) is 2.80. The van der Waals surface area contributed by atoms with E-state index >= 15 is 0 Å². The average Bonchev–Trinajstić information content (AvgIpc) is 2.32. The smallest absolute Gasteiger partial charge is 0.329 e. The molecular formula is C10H14N2O6. The minimum Gasteiger partial charge on any atom is -0.480 e. The van der Waals surface area contributed by atoms with Crippen LogP contribution in [-0.2, 0) is 23.9 Å². The van der Waals surface area contributed by atoms with Crippen molar-refractivity contribution in [3.8, 4) is 0 Å². The topological polar surface area (TPSA) is 122 Å². The molecule has 0 fully saturated rings.